The van der Waals surface area contributed by atoms with Gasteiger partial charge in [-0.3, -0.25) is 4.79 Å². The van der Waals surface area contributed by atoms with Crippen molar-refractivity contribution in [3.63, 3.8) is 0 Å². The summed E-state index contributed by atoms with van der Waals surface area (Å²) < 4.78 is 2.95. The Labute approximate surface area is 121 Å². The normalized spacial score (nSPS) is 12.6. The lowest BCUT2D eigenvalue weighted by Crippen LogP contribution is -2.28. The first-order chi connectivity index (χ1) is 9.10. The average Bonchev–Trinajstić information content (AvgIpc) is 2.78. The number of pyridine rings is 1. The van der Waals surface area contributed by atoms with Crippen LogP contribution in [0, 0.1) is 5.92 Å². The lowest BCUT2D eigenvalue weighted by Gasteiger charge is -2.09. The molecule has 2 aromatic rings. The van der Waals surface area contributed by atoms with Crippen LogP contribution >= 0.6 is 15.9 Å². The van der Waals surface area contributed by atoms with Crippen LogP contribution in [-0.4, -0.2) is 15.3 Å². The first-order valence-corrected chi connectivity index (χ1v) is 7.30. The monoisotopic (exact) mass is 323 g/mol. The van der Waals surface area contributed by atoms with Gasteiger partial charge in [-0.05, 0) is 34.5 Å². The van der Waals surface area contributed by atoms with Crippen LogP contribution in [0.5, 0.6) is 0 Å². The lowest BCUT2D eigenvalue weighted by molar-refractivity contribution is -0.124. The number of halogens is 1. The fourth-order valence-electron chi connectivity index (χ4n) is 2.02. The highest BCUT2D eigenvalue weighted by Crippen LogP contribution is 2.12. The average molecular weight is 324 g/mol. The second-order valence-electron chi connectivity index (χ2n) is 4.75. The van der Waals surface area contributed by atoms with Crippen molar-refractivity contribution in [1.82, 2.24) is 14.7 Å². The molecule has 0 unspecified atom stereocenters. The van der Waals surface area contributed by atoms with E-state index < -0.39 is 0 Å². The van der Waals surface area contributed by atoms with E-state index in [9.17, 15) is 4.79 Å². The zero-order chi connectivity index (χ0) is 13.8. The quantitative estimate of drug-likeness (QED) is 0.918. The summed E-state index contributed by atoms with van der Waals surface area (Å²) in [6.45, 7) is 4.52. The van der Waals surface area contributed by atoms with Crippen LogP contribution in [0.3, 0.4) is 0 Å². The highest BCUT2D eigenvalue weighted by atomic mass is 79.9. The number of nitrogens with zero attached hydrogens (tertiary/aromatic N) is 2. The van der Waals surface area contributed by atoms with Gasteiger partial charge < -0.3 is 9.72 Å². The van der Waals surface area contributed by atoms with Gasteiger partial charge in [0.2, 0.25) is 5.91 Å². The van der Waals surface area contributed by atoms with Gasteiger partial charge in [0.1, 0.15) is 5.65 Å². The van der Waals surface area contributed by atoms with Crippen LogP contribution < -0.4 is 5.32 Å². The van der Waals surface area contributed by atoms with Crippen molar-refractivity contribution >= 4 is 27.5 Å². The molecule has 0 fully saturated rings. The molecule has 1 atom stereocenters. The lowest BCUT2D eigenvalue weighted by atomic mass is 10.1. The largest absolute Gasteiger partial charge is 0.350 e. The molecule has 2 rings (SSSR count). The Morgan fingerprint density at radius 2 is 2.26 bits per heavy atom. The van der Waals surface area contributed by atoms with E-state index >= 15 is 0 Å². The Morgan fingerprint density at radius 3 is 3.00 bits per heavy atom. The molecule has 0 aromatic carbocycles. The number of hydrogen-bond donors (Lipinski definition) is 1. The van der Waals surface area contributed by atoms with Crippen LogP contribution in [-0.2, 0) is 11.3 Å². The molecule has 19 heavy (non-hydrogen) atoms. The maximum atomic E-state index is 11.8. The van der Waals surface area contributed by atoms with Gasteiger partial charge in [0.25, 0.3) is 0 Å². The summed E-state index contributed by atoms with van der Waals surface area (Å²) in [5.41, 5.74) is 1.75. The van der Waals surface area contributed by atoms with Crippen molar-refractivity contribution in [1.29, 1.82) is 0 Å². The zero-order valence-corrected chi connectivity index (χ0v) is 12.8. The topological polar surface area (TPSA) is 46.4 Å². The van der Waals surface area contributed by atoms with E-state index in [4.69, 9.17) is 0 Å². The van der Waals surface area contributed by atoms with Crippen molar-refractivity contribution in [2.75, 3.05) is 0 Å². The Hall–Kier alpha value is -1.36. The summed E-state index contributed by atoms with van der Waals surface area (Å²) in [6, 6.07) is 3.89. The van der Waals surface area contributed by atoms with E-state index in [-0.39, 0.29) is 11.8 Å². The highest BCUT2D eigenvalue weighted by Gasteiger charge is 2.11. The number of amides is 1. The molecule has 5 heteroatoms. The van der Waals surface area contributed by atoms with Crippen molar-refractivity contribution in [2.45, 2.75) is 33.2 Å². The second kappa shape index (κ2) is 6.19. The predicted molar refractivity (Wildman–Crippen MR) is 78.8 cm³/mol. The Morgan fingerprint density at radius 1 is 1.47 bits per heavy atom. The third-order valence-corrected chi connectivity index (χ3v) is 3.55. The highest BCUT2D eigenvalue weighted by molar-refractivity contribution is 9.10. The summed E-state index contributed by atoms with van der Waals surface area (Å²) >= 11 is 3.42. The molecule has 102 valence electrons. The molecule has 0 bridgehead atoms. The molecule has 1 amide bonds. The SMILES string of the molecule is CCC[C@H](C)C(=O)NCc1cn2cc(Br)ccc2n1. The summed E-state index contributed by atoms with van der Waals surface area (Å²) in [5, 5.41) is 2.93. The number of aromatic nitrogens is 2. The third-order valence-electron chi connectivity index (χ3n) is 3.08. The van der Waals surface area contributed by atoms with Gasteiger partial charge >= 0.3 is 0 Å². The Balaban J connectivity index is 2.00. The standard InChI is InChI=1S/C14H18BrN3O/c1-3-4-10(2)14(19)16-7-12-9-18-8-11(15)5-6-13(18)17-12/h5-6,8-10H,3-4,7H2,1-2H3,(H,16,19)/t10-/m0/s1. The maximum absolute atomic E-state index is 11.8. The van der Waals surface area contributed by atoms with E-state index in [0.717, 1.165) is 28.7 Å². The number of carbonyl (C=O) groups is 1. The first kappa shape index (κ1) is 14.1. The van der Waals surface area contributed by atoms with Crippen LogP contribution in [0.15, 0.2) is 29.0 Å². The summed E-state index contributed by atoms with van der Waals surface area (Å²) in [6.07, 6.45) is 5.83. The zero-order valence-electron chi connectivity index (χ0n) is 11.2. The van der Waals surface area contributed by atoms with Gasteiger partial charge in [0.05, 0.1) is 12.2 Å². The second-order valence-corrected chi connectivity index (χ2v) is 5.67. The van der Waals surface area contributed by atoms with Gasteiger partial charge in [-0.1, -0.05) is 20.3 Å². The smallest absolute Gasteiger partial charge is 0.223 e. The van der Waals surface area contributed by atoms with Crippen molar-refractivity contribution < 1.29 is 4.79 Å². The fourth-order valence-corrected chi connectivity index (χ4v) is 2.37. The van der Waals surface area contributed by atoms with Crippen molar-refractivity contribution in [3.05, 3.63) is 34.7 Å². The molecule has 0 aliphatic heterocycles. The van der Waals surface area contributed by atoms with Gasteiger partial charge in [-0.15, -0.1) is 0 Å². The number of hydrogen-bond acceptors (Lipinski definition) is 2. The maximum Gasteiger partial charge on any atom is 0.223 e. The minimum absolute atomic E-state index is 0.0659. The Bertz CT molecular complexity index is 579. The predicted octanol–water partition coefficient (Wildman–Crippen LogP) is 3.15. The molecule has 0 aliphatic carbocycles. The number of imidazole rings is 1. The number of fused-ring (bicyclic) bond motifs is 1. The van der Waals surface area contributed by atoms with E-state index in [2.05, 4.69) is 33.2 Å². The summed E-state index contributed by atoms with van der Waals surface area (Å²) in [7, 11) is 0. The first-order valence-electron chi connectivity index (χ1n) is 6.51. The van der Waals surface area contributed by atoms with E-state index in [1.165, 1.54) is 0 Å². The minimum Gasteiger partial charge on any atom is -0.350 e. The molecular weight excluding hydrogens is 306 g/mol. The van der Waals surface area contributed by atoms with Gasteiger partial charge in [0.15, 0.2) is 0 Å². The van der Waals surface area contributed by atoms with E-state index in [1.807, 2.05) is 35.9 Å². The molecule has 0 saturated heterocycles. The summed E-state index contributed by atoms with van der Waals surface area (Å²) in [4.78, 5) is 16.3. The molecule has 0 aliphatic rings. The number of carbonyl (C=O) groups excluding carboxylic acids is 1. The van der Waals surface area contributed by atoms with Crippen LogP contribution in [0.2, 0.25) is 0 Å². The van der Waals surface area contributed by atoms with Gasteiger partial charge in [-0.25, -0.2) is 4.98 Å². The van der Waals surface area contributed by atoms with Gasteiger partial charge in [0, 0.05) is 22.8 Å². The van der Waals surface area contributed by atoms with Crippen LogP contribution in [0.4, 0.5) is 0 Å². The fraction of sp³-hybridized carbons (Fsp3) is 0.429. The molecule has 0 spiro atoms. The molecule has 0 saturated carbocycles. The Kier molecular flexibility index (Phi) is 4.58. The number of nitrogens with one attached hydrogen (secondary N) is 1. The third kappa shape index (κ3) is 3.56. The van der Waals surface area contributed by atoms with Crippen molar-refractivity contribution in [2.24, 2.45) is 5.92 Å². The molecule has 2 aromatic heterocycles. The minimum atomic E-state index is 0.0659. The van der Waals surface area contributed by atoms with Gasteiger partial charge in [-0.2, -0.15) is 0 Å². The molecular formula is C14H18BrN3O. The number of rotatable bonds is 5. The molecule has 0 radical (unpaired) electrons. The molecule has 4 nitrogen and oxygen atoms in total. The van der Waals surface area contributed by atoms with E-state index in [0.29, 0.717) is 6.54 Å². The van der Waals surface area contributed by atoms with Crippen LogP contribution in [0.1, 0.15) is 32.4 Å². The van der Waals surface area contributed by atoms with E-state index in [1.54, 1.807) is 0 Å². The van der Waals surface area contributed by atoms with Crippen LogP contribution in [0.25, 0.3) is 5.65 Å². The van der Waals surface area contributed by atoms with Crippen molar-refractivity contribution in [3.8, 4) is 0 Å². The molecule has 1 N–H and O–H groups in total. The summed E-state index contributed by atoms with van der Waals surface area (Å²) in [5.74, 6) is 0.163. The molecule has 2 heterocycles.